The first kappa shape index (κ1) is 13.5. The Labute approximate surface area is 120 Å². The highest BCUT2D eigenvalue weighted by molar-refractivity contribution is 7.98. The van der Waals surface area contributed by atoms with E-state index in [1.807, 2.05) is 24.6 Å². The van der Waals surface area contributed by atoms with Gasteiger partial charge in [0.15, 0.2) is 5.16 Å². The van der Waals surface area contributed by atoms with E-state index in [4.69, 9.17) is 11.6 Å². The third kappa shape index (κ3) is 3.54. The Hall–Kier alpha value is -0.910. The monoisotopic (exact) mass is 297 g/mol. The minimum Gasteiger partial charge on any atom is -0.340 e. The van der Waals surface area contributed by atoms with E-state index in [0.717, 1.165) is 5.69 Å². The minimum atomic E-state index is 0.442. The van der Waals surface area contributed by atoms with E-state index in [1.54, 1.807) is 17.8 Å². The molecule has 0 saturated heterocycles. The van der Waals surface area contributed by atoms with Crippen LogP contribution >= 0.6 is 35.1 Å². The molecule has 3 nitrogen and oxygen atoms in total. The van der Waals surface area contributed by atoms with Crippen LogP contribution in [0.5, 0.6) is 0 Å². The third-order valence-electron chi connectivity index (χ3n) is 2.20. The standard InChI is InChI=1S/C12H12ClN3S2/c1-17-9-5-3-4-8(6-9)14-11-7-10(13)15-12(16-11)18-2/h3-7H,1-2H3,(H,14,15,16). The third-order valence-corrected chi connectivity index (χ3v) is 3.67. The molecule has 1 heterocycles. The lowest BCUT2D eigenvalue weighted by Crippen LogP contribution is -1.96. The molecule has 0 unspecified atom stereocenters. The molecule has 0 aliphatic heterocycles. The van der Waals surface area contributed by atoms with E-state index in [2.05, 4.69) is 27.4 Å². The number of benzene rings is 1. The van der Waals surface area contributed by atoms with Gasteiger partial charge in [0, 0.05) is 16.6 Å². The first-order valence-electron chi connectivity index (χ1n) is 5.21. The van der Waals surface area contributed by atoms with Crippen LogP contribution < -0.4 is 5.32 Å². The Kier molecular flexibility index (Phi) is 4.74. The van der Waals surface area contributed by atoms with Crippen LogP contribution in [0.2, 0.25) is 5.15 Å². The maximum absolute atomic E-state index is 5.94. The van der Waals surface area contributed by atoms with Crippen molar-refractivity contribution in [1.82, 2.24) is 9.97 Å². The van der Waals surface area contributed by atoms with Crippen molar-refractivity contribution in [2.45, 2.75) is 10.1 Å². The number of aromatic nitrogens is 2. The quantitative estimate of drug-likeness (QED) is 0.517. The lowest BCUT2D eigenvalue weighted by Gasteiger charge is -2.08. The maximum Gasteiger partial charge on any atom is 0.190 e. The van der Waals surface area contributed by atoms with E-state index in [0.29, 0.717) is 16.1 Å². The fraction of sp³-hybridized carbons (Fsp3) is 0.167. The van der Waals surface area contributed by atoms with Crippen LogP contribution in [0.15, 0.2) is 40.4 Å². The van der Waals surface area contributed by atoms with E-state index >= 15 is 0 Å². The Bertz CT molecular complexity index is 549. The van der Waals surface area contributed by atoms with Gasteiger partial charge in [-0.15, -0.1) is 11.8 Å². The van der Waals surface area contributed by atoms with Crippen LogP contribution in [0.4, 0.5) is 11.5 Å². The van der Waals surface area contributed by atoms with Crippen LogP contribution in [0.1, 0.15) is 0 Å². The Balaban J connectivity index is 2.24. The number of halogens is 1. The normalized spacial score (nSPS) is 10.4. The van der Waals surface area contributed by atoms with Crippen molar-refractivity contribution in [3.63, 3.8) is 0 Å². The summed E-state index contributed by atoms with van der Waals surface area (Å²) in [5.74, 6) is 0.706. The van der Waals surface area contributed by atoms with Crippen LogP contribution in [0.25, 0.3) is 0 Å². The topological polar surface area (TPSA) is 37.8 Å². The second-order valence-electron chi connectivity index (χ2n) is 3.42. The lowest BCUT2D eigenvalue weighted by molar-refractivity contribution is 0.976. The number of nitrogens with one attached hydrogen (secondary N) is 1. The molecule has 0 saturated carbocycles. The Morgan fingerprint density at radius 3 is 2.67 bits per heavy atom. The summed E-state index contributed by atoms with van der Waals surface area (Å²) in [6, 6.07) is 9.85. The summed E-state index contributed by atoms with van der Waals surface area (Å²) in [7, 11) is 0. The smallest absolute Gasteiger partial charge is 0.190 e. The zero-order valence-electron chi connectivity index (χ0n) is 9.98. The molecule has 0 aliphatic rings. The van der Waals surface area contributed by atoms with Crippen molar-refractivity contribution < 1.29 is 0 Å². The van der Waals surface area contributed by atoms with Crippen LogP contribution in [-0.2, 0) is 0 Å². The molecule has 18 heavy (non-hydrogen) atoms. The molecular weight excluding hydrogens is 286 g/mol. The van der Waals surface area contributed by atoms with Gasteiger partial charge in [-0.05, 0) is 30.7 Å². The summed E-state index contributed by atoms with van der Waals surface area (Å²) >= 11 is 9.11. The molecule has 0 bridgehead atoms. The zero-order valence-corrected chi connectivity index (χ0v) is 12.4. The molecule has 6 heteroatoms. The first-order chi connectivity index (χ1) is 8.71. The molecule has 2 rings (SSSR count). The van der Waals surface area contributed by atoms with E-state index < -0.39 is 0 Å². The summed E-state index contributed by atoms with van der Waals surface area (Å²) < 4.78 is 0. The van der Waals surface area contributed by atoms with Crippen molar-refractivity contribution in [1.29, 1.82) is 0 Å². The molecule has 1 aromatic heterocycles. The average molecular weight is 298 g/mol. The van der Waals surface area contributed by atoms with Crippen LogP contribution in [0, 0.1) is 0 Å². The lowest BCUT2D eigenvalue weighted by atomic mass is 10.3. The highest BCUT2D eigenvalue weighted by Crippen LogP contribution is 2.23. The number of hydrogen-bond acceptors (Lipinski definition) is 5. The van der Waals surface area contributed by atoms with Crippen molar-refractivity contribution in [3.8, 4) is 0 Å². The SMILES string of the molecule is CSc1cccc(Nc2cc(Cl)nc(SC)n2)c1. The fourth-order valence-corrected chi connectivity index (χ4v) is 2.47. The summed E-state index contributed by atoms with van der Waals surface area (Å²) in [5, 5.41) is 4.33. The van der Waals surface area contributed by atoms with Gasteiger partial charge in [0.05, 0.1) is 0 Å². The van der Waals surface area contributed by atoms with Crippen molar-refractivity contribution in [2.24, 2.45) is 0 Å². The average Bonchev–Trinajstić information content (AvgIpc) is 2.38. The molecule has 0 amide bonds. The predicted octanol–water partition coefficient (Wildman–Crippen LogP) is 4.32. The van der Waals surface area contributed by atoms with Gasteiger partial charge in [0.2, 0.25) is 0 Å². The minimum absolute atomic E-state index is 0.442. The summed E-state index contributed by atoms with van der Waals surface area (Å²) in [6.45, 7) is 0. The highest BCUT2D eigenvalue weighted by Gasteiger charge is 2.03. The molecule has 94 valence electrons. The Morgan fingerprint density at radius 2 is 1.94 bits per heavy atom. The molecule has 0 aliphatic carbocycles. The van der Waals surface area contributed by atoms with Crippen LogP contribution in [-0.4, -0.2) is 22.5 Å². The van der Waals surface area contributed by atoms with Crippen molar-refractivity contribution in [3.05, 3.63) is 35.5 Å². The van der Waals surface area contributed by atoms with Gasteiger partial charge in [-0.1, -0.05) is 29.4 Å². The maximum atomic E-state index is 5.94. The molecule has 0 spiro atoms. The summed E-state index contributed by atoms with van der Waals surface area (Å²) in [6.07, 6.45) is 3.97. The molecular formula is C12H12ClN3S2. The van der Waals surface area contributed by atoms with Crippen LogP contribution in [0.3, 0.4) is 0 Å². The number of anilines is 2. The molecule has 0 atom stereocenters. The predicted molar refractivity (Wildman–Crippen MR) is 80.3 cm³/mol. The van der Waals surface area contributed by atoms with Crippen molar-refractivity contribution in [2.75, 3.05) is 17.8 Å². The zero-order chi connectivity index (χ0) is 13.0. The van der Waals surface area contributed by atoms with Gasteiger partial charge >= 0.3 is 0 Å². The second-order valence-corrected chi connectivity index (χ2v) is 5.46. The summed E-state index contributed by atoms with van der Waals surface area (Å²) in [4.78, 5) is 9.65. The number of rotatable bonds is 4. The first-order valence-corrected chi connectivity index (χ1v) is 8.03. The van der Waals surface area contributed by atoms with E-state index in [1.165, 1.54) is 16.7 Å². The van der Waals surface area contributed by atoms with Gasteiger partial charge in [-0.2, -0.15) is 0 Å². The number of hydrogen-bond donors (Lipinski definition) is 1. The summed E-state index contributed by atoms with van der Waals surface area (Å²) in [5.41, 5.74) is 0.990. The van der Waals surface area contributed by atoms with Crippen molar-refractivity contribution >= 4 is 46.6 Å². The molecule has 1 aromatic carbocycles. The second kappa shape index (κ2) is 6.31. The molecule has 1 N–H and O–H groups in total. The van der Waals surface area contributed by atoms with Gasteiger partial charge in [-0.25, -0.2) is 9.97 Å². The van der Waals surface area contributed by atoms with Gasteiger partial charge < -0.3 is 5.32 Å². The number of thioether (sulfide) groups is 2. The number of nitrogens with zero attached hydrogens (tertiary/aromatic N) is 2. The van der Waals surface area contributed by atoms with Gasteiger partial charge in [0.1, 0.15) is 11.0 Å². The van der Waals surface area contributed by atoms with E-state index in [9.17, 15) is 0 Å². The highest BCUT2D eigenvalue weighted by atomic mass is 35.5. The van der Waals surface area contributed by atoms with Gasteiger partial charge in [0.25, 0.3) is 0 Å². The fourth-order valence-electron chi connectivity index (χ4n) is 1.40. The molecule has 0 fully saturated rings. The largest absolute Gasteiger partial charge is 0.340 e. The van der Waals surface area contributed by atoms with E-state index in [-0.39, 0.29) is 0 Å². The van der Waals surface area contributed by atoms with Gasteiger partial charge in [-0.3, -0.25) is 0 Å². The Morgan fingerprint density at radius 1 is 1.11 bits per heavy atom. The molecule has 0 radical (unpaired) electrons. The molecule has 2 aromatic rings.